The summed E-state index contributed by atoms with van der Waals surface area (Å²) in [6.07, 6.45) is 1.98. The van der Waals surface area contributed by atoms with E-state index >= 15 is 0 Å². The Bertz CT molecular complexity index is 699. The van der Waals surface area contributed by atoms with Crippen LogP contribution in [0.5, 0.6) is 0 Å². The minimum atomic E-state index is -0.950. The zero-order valence-electron chi connectivity index (χ0n) is 12.5. The largest absolute Gasteiger partial charge is 0.369 e. The van der Waals surface area contributed by atoms with E-state index in [2.05, 4.69) is 35.3 Å². The second-order valence-corrected chi connectivity index (χ2v) is 6.36. The molecule has 0 aliphatic heterocycles. The van der Waals surface area contributed by atoms with Crippen molar-refractivity contribution in [3.8, 4) is 0 Å². The predicted octanol–water partition coefficient (Wildman–Crippen LogP) is 2.22. The van der Waals surface area contributed by atoms with Crippen LogP contribution < -0.4 is 5.73 Å². The molecule has 1 heterocycles. The number of benzene rings is 1. The Morgan fingerprint density at radius 3 is 2.67 bits per heavy atom. The van der Waals surface area contributed by atoms with Crippen LogP contribution in [-0.4, -0.2) is 16.0 Å². The van der Waals surface area contributed by atoms with Crippen molar-refractivity contribution in [3.05, 3.63) is 47.1 Å². The summed E-state index contributed by atoms with van der Waals surface area (Å²) in [5.41, 5.74) is 6.69. The Morgan fingerprint density at radius 2 is 2.10 bits per heavy atom. The molecule has 1 saturated carbocycles. The minimum absolute atomic E-state index is 0.165. The molecule has 0 saturated heterocycles. The van der Waals surface area contributed by atoms with Gasteiger partial charge in [0.2, 0.25) is 11.8 Å². The van der Waals surface area contributed by atoms with E-state index in [1.54, 1.807) is 13.8 Å². The molecule has 110 valence electrons. The molecule has 1 fully saturated rings. The molecule has 2 N–H and O–H groups in total. The van der Waals surface area contributed by atoms with Gasteiger partial charge in [0.1, 0.15) is 5.41 Å². The average molecular weight is 285 g/mol. The summed E-state index contributed by atoms with van der Waals surface area (Å²) < 4.78 is 5.31. The summed E-state index contributed by atoms with van der Waals surface area (Å²) in [7, 11) is 0. The lowest BCUT2D eigenvalue weighted by Gasteiger charge is -2.14. The number of amides is 1. The number of primary amides is 1. The van der Waals surface area contributed by atoms with E-state index in [0.717, 1.165) is 12.8 Å². The van der Waals surface area contributed by atoms with Crippen LogP contribution in [0, 0.1) is 6.92 Å². The number of aryl methyl sites for hydroxylation is 1. The van der Waals surface area contributed by atoms with E-state index in [0.29, 0.717) is 5.82 Å². The molecular formula is C16H19N3O2. The van der Waals surface area contributed by atoms with Crippen molar-refractivity contribution in [3.63, 3.8) is 0 Å². The van der Waals surface area contributed by atoms with Crippen LogP contribution in [0.4, 0.5) is 0 Å². The highest BCUT2D eigenvalue weighted by molar-refractivity contribution is 5.84. The van der Waals surface area contributed by atoms with E-state index in [4.69, 9.17) is 10.3 Å². The van der Waals surface area contributed by atoms with Crippen LogP contribution in [-0.2, 0) is 15.6 Å². The molecule has 0 unspecified atom stereocenters. The third-order valence-corrected chi connectivity index (χ3v) is 4.33. The van der Waals surface area contributed by atoms with Crippen molar-refractivity contribution in [1.29, 1.82) is 0 Å². The minimum Gasteiger partial charge on any atom is -0.369 e. The molecule has 1 amide bonds. The first-order valence-electron chi connectivity index (χ1n) is 7.08. The van der Waals surface area contributed by atoms with Crippen LogP contribution in [0.1, 0.15) is 49.5 Å². The molecule has 1 aromatic carbocycles. The zero-order valence-corrected chi connectivity index (χ0v) is 12.5. The Morgan fingerprint density at radius 1 is 1.38 bits per heavy atom. The topological polar surface area (TPSA) is 82.0 Å². The molecule has 0 atom stereocenters. The van der Waals surface area contributed by atoms with Gasteiger partial charge in [-0.25, -0.2) is 0 Å². The van der Waals surface area contributed by atoms with Crippen molar-refractivity contribution in [2.24, 2.45) is 5.73 Å². The molecular weight excluding hydrogens is 266 g/mol. The quantitative estimate of drug-likeness (QED) is 0.933. The lowest BCUT2D eigenvalue weighted by Crippen LogP contribution is -2.35. The van der Waals surface area contributed by atoms with E-state index in [1.165, 1.54) is 11.1 Å². The number of aromatic nitrogens is 2. The van der Waals surface area contributed by atoms with Crippen molar-refractivity contribution < 1.29 is 9.32 Å². The van der Waals surface area contributed by atoms with Crippen LogP contribution in [0.2, 0.25) is 0 Å². The number of nitrogens with two attached hydrogens (primary N) is 1. The fraction of sp³-hybridized carbons (Fsp3) is 0.438. The van der Waals surface area contributed by atoms with Gasteiger partial charge in [-0.1, -0.05) is 35.0 Å². The summed E-state index contributed by atoms with van der Waals surface area (Å²) in [5, 5.41) is 4.11. The van der Waals surface area contributed by atoms with E-state index < -0.39 is 11.3 Å². The van der Waals surface area contributed by atoms with Gasteiger partial charge in [-0.2, -0.15) is 4.98 Å². The van der Waals surface area contributed by atoms with Crippen molar-refractivity contribution in [2.45, 2.75) is 44.4 Å². The van der Waals surface area contributed by atoms with Crippen molar-refractivity contribution in [2.75, 3.05) is 0 Å². The highest BCUT2D eigenvalue weighted by atomic mass is 16.5. The predicted molar refractivity (Wildman–Crippen MR) is 77.7 cm³/mol. The number of carbonyl (C=O) groups is 1. The first kappa shape index (κ1) is 13.8. The van der Waals surface area contributed by atoms with Gasteiger partial charge in [-0.15, -0.1) is 0 Å². The first-order chi connectivity index (χ1) is 9.86. The monoisotopic (exact) mass is 285 g/mol. The van der Waals surface area contributed by atoms with Gasteiger partial charge < -0.3 is 10.3 Å². The van der Waals surface area contributed by atoms with Gasteiger partial charge in [-0.3, -0.25) is 4.79 Å². The molecule has 0 radical (unpaired) electrons. The molecule has 3 rings (SSSR count). The van der Waals surface area contributed by atoms with Gasteiger partial charge in [0, 0.05) is 0 Å². The van der Waals surface area contributed by atoms with E-state index in [-0.39, 0.29) is 11.3 Å². The third-order valence-electron chi connectivity index (χ3n) is 4.33. The Labute approximate surface area is 123 Å². The molecule has 0 spiro atoms. The maximum atomic E-state index is 11.5. The van der Waals surface area contributed by atoms with Gasteiger partial charge in [0.15, 0.2) is 5.82 Å². The fourth-order valence-electron chi connectivity index (χ4n) is 2.49. The molecule has 5 nitrogen and oxygen atoms in total. The van der Waals surface area contributed by atoms with Gasteiger partial charge in [0.25, 0.3) is 0 Å². The fourth-order valence-corrected chi connectivity index (χ4v) is 2.49. The van der Waals surface area contributed by atoms with Crippen LogP contribution >= 0.6 is 0 Å². The summed E-state index contributed by atoms with van der Waals surface area (Å²) in [6, 6.07) is 8.36. The standard InChI is InChI=1S/C16H19N3O2/c1-10-5-4-6-11(9-10)16(7-8-16)13-18-14(21-19-13)15(2,3)12(17)20/h4-6,9H,7-8H2,1-3H3,(H2,17,20). The molecule has 1 aliphatic carbocycles. The number of hydrogen-bond donors (Lipinski definition) is 1. The number of nitrogens with zero attached hydrogens (tertiary/aromatic N) is 2. The highest BCUT2D eigenvalue weighted by Crippen LogP contribution is 2.52. The number of hydrogen-bond acceptors (Lipinski definition) is 4. The summed E-state index contributed by atoms with van der Waals surface area (Å²) >= 11 is 0. The Hall–Kier alpha value is -2.17. The second kappa shape index (κ2) is 4.41. The maximum absolute atomic E-state index is 11.5. The Kier molecular flexibility index (Phi) is 2.90. The average Bonchev–Trinajstić information content (AvgIpc) is 3.08. The lowest BCUT2D eigenvalue weighted by molar-refractivity contribution is -0.123. The molecule has 21 heavy (non-hydrogen) atoms. The van der Waals surface area contributed by atoms with E-state index in [1.807, 2.05) is 6.07 Å². The van der Waals surface area contributed by atoms with E-state index in [9.17, 15) is 4.79 Å². The normalized spacial score (nSPS) is 16.7. The number of carbonyl (C=O) groups excluding carboxylic acids is 1. The third kappa shape index (κ3) is 2.13. The molecule has 1 aliphatic rings. The second-order valence-electron chi connectivity index (χ2n) is 6.36. The first-order valence-corrected chi connectivity index (χ1v) is 7.08. The smallest absolute Gasteiger partial charge is 0.241 e. The maximum Gasteiger partial charge on any atom is 0.241 e. The lowest BCUT2D eigenvalue weighted by atomic mass is 9.91. The molecule has 0 bridgehead atoms. The molecule has 2 aromatic rings. The van der Waals surface area contributed by atoms with Crippen LogP contribution in [0.15, 0.2) is 28.8 Å². The van der Waals surface area contributed by atoms with Crippen molar-refractivity contribution >= 4 is 5.91 Å². The Balaban J connectivity index is 1.99. The summed E-state index contributed by atoms with van der Waals surface area (Å²) in [4.78, 5) is 16.0. The van der Waals surface area contributed by atoms with Crippen LogP contribution in [0.25, 0.3) is 0 Å². The van der Waals surface area contributed by atoms with Crippen molar-refractivity contribution in [1.82, 2.24) is 10.1 Å². The highest BCUT2D eigenvalue weighted by Gasteiger charge is 2.50. The molecule has 1 aromatic heterocycles. The van der Waals surface area contributed by atoms with Crippen LogP contribution in [0.3, 0.4) is 0 Å². The van der Waals surface area contributed by atoms with Gasteiger partial charge >= 0.3 is 0 Å². The molecule has 5 heteroatoms. The number of rotatable bonds is 4. The summed E-state index contributed by atoms with van der Waals surface area (Å²) in [6.45, 7) is 5.45. The zero-order chi connectivity index (χ0) is 15.3. The summed E-state index contributed by atoms with van der Waals surface area (Å²) in [5.74, 6) is 0.458. The SMILES string of the molecule is Cc1cccc(C2(c3noc(C(C)(C)C(N)=O)n3)CC2)c1. The van der Waals surface area contributed by atoms with Gasteiger partial charge in [0.05, 0.1) is 5.41 Å². The van der Waals surface area contributed by atoms with Gasteiger partial charge in [-0.05, 0) is 39.2 Å².